The van der Waals surface area contributed by atoms with Gasteiger partial charge < -0.3 is 5.32 Å². The Morgan fingerprint density at radius 2 is 1.91 bits per heavy atom. The molecule has 1 aliphatic heterocycles. The minimum Gasteiger partial charge on any atom is -0.326 e. The van der Waals surface area contributed by atoms with Gasteiger partial charge in [-0.1, -0.05) is 66.8 Å². The number of nitrogens with one attached hydrogen (secondary N) is 1. The third kappa shape index (κ3) is 6.59. The number of carbonyl (C=O) groups is 2. The standard InChI is InChI=1S/C23H20ClF3N2O2S2/c1-2-14-5-7-15(8-6-14)12-19-21(31)29(22(32)33-19)11-3-4-20(30)28-18-10-9-16(24)13-17(18)23(25,26)27/h5-10,12-13H,2-4,11H2,1H3,(H,28,30)/b19-12+. The summed E-state index contributed by atoms with van der Waals surface area (Å²) < 4.78 is 39.9. The topological polar surface area (TPSA) is 49.4 Å². The lowest BCUT2D eigenvalue weighted by Gasteiger charge is -2.16. The largest absolute Gasteiger partial charge is 0.418 e. The fraction of sp³-hybridized carbons (Fsp3) is 0.261. The Labute approximate surface area is 204 Å². The van der Waals surface area contributed by atoms with Gasteiger partial charge in [-0.25, -0.2) is 0 Å². The summed E-state index contributed by atoms with van der Waals surface area (Å²) in [5, 5.41) is 2.19. The minimum absolute atomic E-state index is 0.0749. The molecule has 2 amide bonds. The highest BCUT2D eigenvalue weighted by Crippen LogP contribution is 2.37. The van der Waals surface area contributed by atoms with Gasteiger partial charge in [-0.05, 0) is 48.2 Å². The van der Waals surface area contributed by atoms with Crippen molar-refractivity contribution in [2.24, 2.45) is 0 Å². The molecule has 1 N–H and O–H groups in total. The summed E-state index contributed by atoms with van der Waals surface area (Å²) in [7, 11) is 0. The van der Waals surface area contributed by atoms with Gasteiger partial charge in [-0.2, -0.15) is 13.2 Å². The number of aryl methyl sites for hydroxylation is 1. The van der Waals surface area contributed by atoms with Gasteiger partial charge >= 0.3 is 6.18 Å². The molecule has 174 valence electrons. The maximum absolute atomic E-state index is 13.2. The summed E-state index contributed by atoms with van der Waals surface area (Å²) in [6.45, 7) is 2.25. The van der Waals surface area contributed by atoms with E-state index in [-0.39, 0.29) is 36.0 Å². The highest BCUT2D eigenvalue weighted by Gasteiger charge is 2.34. The van der Waals surface area contributed by atoms with Gasteiger partial charge in [0.1, 0.15) is 4.32 Å². The van der Waals surface area contributed by atoms with Gasteiger partial charge in [0.2, 0.25) is 5.91 Å². The van der Waals surface area contributed by atoms with Crippen LogP contribution in [0.25, 0.3) is 6.08 Å². The zero-order valence-corrected chi connectivity index (χ0v) is 19.9. The first-order valence-corrected chi connectivity index (χ1v) is 11.7. The van der Waals surface area contributed by atoms with Crippen molar-refractivity contribution in [3.8, 4) is 0 Å². The Hall–Kier alpha value is -2.36. The maximum atomic E-state index is 13.2. The molecule has 4 nitrogen and oxygen atoms in total. The molecule has 10 heteroatoms. The molecule has 3 rings (SSSR count). The Morgan fingerprint density at radius 1 is 1.21 bits per heavy atom. The van der Waals surface area contributed by atoms with Crippen molar-refractivity contribution in [1.29, 1.82) is 0 Å². The van der Waals surface area contributed by atoms with E-state index in [0.29, 0.717) is 9.23 Å². The summed E-state index contributed by atoms with van der Waals surface area (Å²) in [6.07, 6.45) is -1.80. The Balaban J connectivity index is 1.57. The van der Waals surface area contributed by atoms with Crippen LogP contribution < -0.4 is 5.32 Å². The van der Waals surface area contributed by atoms with Crippen LogP contribution in [0.2, 0.25) is 5.02 Å². The number of halogens is 4. The molecule has 0 spiro atoms. The molecule has 1 heterocycles. The molecule has 1 saturated heterocycles. The molecule has 0 aliphatic carbocycles. The highest BCUT2D eigenvalue weighted by molar-refractivity contribution is 8.26. The lowest BCUT2D eigenvalue weighted by Crippen LogP contribution is -2.29. The average molecular weight is 513 g/mol. The Kier molecular flexibility index (Phi) is 8.20. The van der Waals surface area contributed by atoms with E-state index in [0.717, 1.165) is 24.1 Å². The number of nitrogens with zero attached hydrogens (tertiary/aromatic N) is 1. The first kappa shape index (κ1) is 25.3. The number of amides is 2. The third-order valence-electron chi connectivity index (χ3n) is 4.91. The fourth-order valence-corrected chi connectivity index (χ4v) is 4.64. The van der Waals surface area contributed by atoms with E-state index >= 15 is 0 Å². The number of benzene rings is 2. The fourth-order valence-electron chi connectivity index (χ4n) is 3.16. The summed E-state index contributed by atoms with van der Waals surface area (Å²) in [5.74, 6) is -0.846. The van der Waals surface area contributed by atoms with E-state index in [1.54, 1.807) is 6.08 Å². The minimum atomic E-state index is -4.65. The van der Waals surface area contributed by atoms with Crippen LogP contribution in [0.15, 0.2) is 47.4 Å². The molecule has 0 bridgehead atoms. The predicted octanol–water partition coefficient (Wildman–Crippen LogP) is 6.54. The molecule has 33 heavy (non-hydrogen) atoms. The number of thiocarbonyl (C=S) groups is 1. The van der Waals surface area contributed by atoms with Crippen molar-refractivity contribution >= 4 is 63.5 Å². The van der Waals surface area contributed by atoms with Gasteiger partial charge in [0.25, 0.3) is 5.91 Å². The molecule has 0 radical (unpaired) electrons. The van der Waals surface area contributed by atoms with E-state index < -0.39 is 17.6 Å². The van der Waals surface area contributed by atoms with Gasteiger partial charge in [-0.3, -0.25) is 14.5 Å². The van der Waals surface area contributed by atoms with Crippen molar-refractivity contribution in [3.63, 3.8) is 0 Å². The van der Waals surface area contributed by atoms with Crippen LogP contribution in [0.5, 0.6) is 0 Å². The summed E-state index contributed by atoms with van der Waals surface area (Å²) in [5.41, 5.74) is 0.700. The summed E-state index contributed by atoms with van der Waals surface area (Å²) in [6, 6.07) is 11.0. The van der Waals surface area contributed by atoms with Crippen LogP contribution in [0.3, 0.4) is 0 Å². The maximum Gasteiger partial charge on any atom is 0.418 e. The number of alkyl halides is 3. The molecule has 2 aromatic rings. The molecular weight excluding hydrogens is 493 g/mol. The smallest absolute Gasteiger partial charge is 0.326 e. The second-order valence-electron chi connectivity index (χ2n) is 7.27. The van der Waals surface area contributed by atoms with Crippen LogP contribution in [0.4, 0.5) is 18.9 Å². The number of rotatable bonds is 7. The normalized spacial score (nSPS) is 15.4. The van der Waals surface area contributed by atoms with Crippen LogP contribution in [0, 0.1) is 0 Å². The molecule has 0 saturated carbocycles. The summed E-state index contributed by atoms with van der Waals surface area (Å²) in [4.78, 5) is 26.8. The van der Waals surface area contributed by atoms with Crippen LogP contribution >= 0.6 is 35.6 Å². The predicted molar refractivity (Wildman–Crippen MR) is 130 cm³/mol. The van der Waals surface area contributed by atoms with Crippen LogP contribution in [-0.4, -0.2) is 27.6 Å². The van der Waals surface area contributed by atoms with Gasteiger partial charge in [0.05, 0.1) is 16.2 Å². The zero-order valence-electron chi connectivity index (χ0n) is 17.5. The van der Waals surface area contributed by atoms with E-state index in [1.165, 1.54) is 28.3 Å². The molecule has 1 aliphatic rings. The van der Waals surface area contributed by atoms with Crippen molar-refractivity contribution in [3.05, 3.63) is 69.1 Å². The van der Waals surface area contributed by atoms with Crippen LogP contribution in [0.1, 0.15) is 36.5 Å². The number of thioether (sulfide) groups is 1. The van der Waals surface area contributed by atoms with E-state index in [4.69, 9.17) is 23.8 Å². The average Bonchev–Trinajstić information content (AvgIpc) is 3.02. The SMILES string of the molecule is CCc1ccc(/C=C2/SC(=S)N(CCCC(=O)Nc3ccc(Cl)cc3C(F)(F)F)C2=O)cc1. The van der Waals surface area contributed by atoms with Gasteiger partial charge in [0, 0.05) is 18.0 Å². The molecule has 0 unspecified atom stereocenters. The quantitative estimate of drug-likeness (QED) is 0.338. The second kappa shape index (κ2) is 10.7. The molecule has 0 atom stereocenters. The Morgan fingerprint density at radius 3 is 2.55 bits per heavy atom. The molecule has 2 aromatic carbocycles. The number of hydrogen-bond donors (Lipinski definition) is 1. The molecule has 1 fully saturated rings. The second-order valence-corrected chi connectivity index (χ2v) is 9.38. The van der Waals surface area contributed by atoms with Gasteiger partial charge in [0.15, 0.2) is 0 Å². The third-order valence-corrected chi connectivity index (χ3v) is 6.52. The lowest BCUT2D eigenvalue weighted by atomic mass is 10.1. The van der Waals surface area contributed by atoms with Crippen molar-refractivity contribution in [1.82, 2.24) is 4.90 Å². The van der Waals surface area contributed by atoms with E-state index in [9.17, 15) is 22.8 Å². The lowest BCUT2D eigenvalue weighted by molar-refractivity contribution is -0.137. The zero-order chi connectivity index (χ0) is 24.2. The number of anilines is 1. The van der Waals surface area contributed by atoms with Crippen molar-refractivity contribution < 1.29 is 22.8 Å². The van der Waals surface area contributed by atoms with E-state index in [1.807, 2.05) is 24.3 Å². The van der Waals surface area contributed by atoms with Crippen molar-refractivity contribution in [2.75, 3.05) is 11.9 Å². The number of carbonyl (C=O) groups excluding carboxylic acids is 2. The monoisotopic (exact) mass is 512 g/mol. The highest BCUT2D eigenvalue weighted by atomic mass is 35.5. The molecule has 0 aromatic heterocycles. The summed E-state index contributed by atoms with van der Waals surface area (Å²) >= 11 is 12.1. The first-order valence-electron chi connectivity index (χ1n) is 10.1. The Bertz CT molecular complexity index is 1100. The first-order chi connectivity index (χ1) is 15.6. The van der Waals surface area contributed by atoms with Gasteiger partial charge in [-0.15, -0.1) is 0 Å². The number of hydrogen-bond acceptors (Lipinski definition) is 4. The molecular formula is C23H20ClF3N2O2S2. The van der Waals surface area contributed by atoms with Crippen LogP contribution in [-0.2, 0) is 22.2 Å². The van der Waals surface area contributed by atoms with Crippen molar-refractivity contribution in [2.45, 2.75) is 32.4 Å². The van der Waals surface area contributed by atoms with E-state index in [2.05, 4.69) is 12.2 Å².